The second-order valence-corrected chi connectivity index (χ2v) is 27.9. The van der Waals surface area contributed by atoms with E-state index >= 15 is 0 Å². The van der Waals surface area contributed by atoms with Crippen molar-refractivity contribution < 1.29 is 33.7 Å². The number of phenols is 1. The van der Waals surface area contributed by atoms with E-state index in [1.807, 2.05) is 23.5 Å². The van der Waals surface area contributed by atoms with Crippen LogP contribution in [0.1, 0.15) is 212 Å². The molecule has 2 aromatic rings. The second-order valence-electron chi connectivity index (χ2n) is 24.2. The molecule has 2 aliphatic rings. The Kier molecular flexibility index (Phi) is 17.1. The third-order valence-electron chi connectivity index (χ3n) is 14.0. The zero-order valence-electron chi connectivity index (χ0n) is 43.4. The van der Waals surface area contributed by atoms with Gasteiger partial charge in [-0.2, -0.15) is 0 Å². The van der Waals surface area contributed by atoms with Crippen LogP contribution in [0, 0.1) is 29.1 Å². The Morgan fingerprint density at radius 2 is 1.22 bits per heavy atom. The van der Waals surface area contributed by atoms with Gasteiger partial charge in [0, 0.05) is 58.2 Å². The van der Waals surface area contributed by atoms with Crippen LogP contribution in [0.5, 0.6) is 11.5 Å². The summed E-state index contributed by atoms with van der Waals surface area (Å²) in [5.41, 5.74) is 2.84. The molecule has 0 unspecified atom stereocenters. The minimum absolute atomic E-state index is 0.0334. The van der Waals surface area contributed by atoms with Gasteiger partial charge in [0.2, 0.25) is 0 Å². The third kappa shape index (κ3) is 13.5. The number of carbonyl (C=O) groups excluding carboxylic acids is 3. The fraction of sp³-hybridized carbons (Fsp3) is 0.727. The van der Waals surface area contributed by atoms with E-state index in [2.05, 4.69) is 142 Å². The Balaban J connectivity index is 1.65. The molecule has 2 fully saturated rings. The fourth-order valence-electron chi connectivity index (χ4n) is 10.9. The van der Waals surface area contributed by atoms with Gasteiger partial charge in [-0.3, -0.25) is 14.4 Å². The SMILES string of the molecule is CCC[C@H](C)[C@@H]1[C@H](OC(C)=O)C[C@@H]2C[C@H](OC(C)=O)CC[C@]2(C)[C@H]1CCCC(=O)Oc1c(C(C)(C)C)cc(SC(C)(C)Sc2cc(C(C)(C)C)c(O)c(C(C)(C)C)c2)cc1C(C)(C)C. The average molecular weight is 923 g/mol. The highest BCUT2D eigenvalue weighted by molar-refractivity contribution is 8.18. The molecule has 0 heterocycles. The average Bonchev–Trinajstić information content (AvgIpc) is 3.11. The van der Waals surface area contributed by atoms with Gasteiger partial charge in [-0.25, -0.2) is 0 Å². The molecule has 0 saturated heterocycles. The van der Waals surface area contributed by atoms with E-state index in [4.69, 9.17) is 14.2 Å². The first-order valence-corrected chi connectivity index (χ1v) is 25.8. The van der Waals surface area contributed by atoms with Crippen LogP contribution < -0.4 is 4.74 Å². The molecule has 2 aliphatic carbocycles. The largest absolute Gasteiger partial charge is 0.507 e. The molecule has 2 aromatic carbocycles. The number of rotatable bonds is 14. The summed E-state index contributed by atoms with van der Waals surface area (Å²) in [4.78, 5) is 41.0. The van der Waals surface area contributed by atoms with Crippen LogP contribution in [-0.2, 0) is 45.5 Å². The van der Waals surface area contributed by atoms with Crippen molar-refractivity contribution in [2.24, 2.45) is 29.1 Å². The second kappa shape index (κ2) is 20.3. The maximum absolute atomic E-state index is 14.2. The van der Waals surface area contributed by atoms with Crippen molar-refractivity contribution in [3.63, 3.8) is 0 Å². The van der Waals surface area contributed by atoms with Crippen molar-refractivity contribution in [1.82, 2.24) is 0 Å². The molecule has 9 heteroatoms. The van der Waals surface area contributed by atoms with Crippen molar-refractivity contribution >= 4 is 41.4 Å². The molecule has 0 radical (unpaired) electrons. The number of esters is 3. The highest BCUT2D eigenvalue weighted by Gasteiger charge is 2.56. The predicted octanol–water partition coefficient (Wildman–Crippen LogP) is 15.0. The van der Waals surface area contributed by atoms with Gasteiger partial charge in [-0.05, 0) is 121 Å². The lowest BCUT2D eigenvalue weighted by Crippen LogP contribution is -2.55. The summed E-state index contributed by atoms with van der Waals surface area (Å²) in [7, 11) is 0. The predicted molar refractivity (Wildman–Crippen MR) is 267 cm³/mol. The van der Waals surface area contributed by atoms with Crippen LogP contribution in [0.3, 0.4) is 0 Å². The van der Waals surface area contributed by atoms with Crippen LogP contribution in [0.25, 0.3) is 0 Å². The van der Waals surface area contributed by atoms with Gasteiger partial charge in [-0.15, -0.1) is 23.5 Å². The Hall–Kier alpha value is -2.65. The minimum atomic E-state index is -0.311. The maximum atomic E-state index is 14.2. The normalized spacial score (nSPS) is 23.8. The maximum Gasteiger partial charge on any atom is 0.311 e. The van der Waals surface area contributed by atoms with Crippen molar-refractivity contribution in [2.45, 2.75) is 237 Å². The number of hydrogen-bond acceptors (Lipinski definition) is 9. The highest BCUT2D eigenvalue weighted by atomic mass is 32.2. The number of benzene rings is 2. The zero-order valence-corrected chi connectivity index (χ0v) is 45.0. The lowest BCUT2D eigenvalue weighted by Gasteiger charge is -2.58. The Labute approximate surface area is 397 Å². The smallest absolute Gasteiger partial charge is 0.311 e. The summed E-state index contributed by atoms with van der Waals surface area (Å²) >= 11 is 3.63. The lowest BCUT2D eigenvalue weighted by molar-refractivity contribution is -0.179. The van der Waals surface area contributed by atoms with Gasteiger partial charge in [0.15, 0.2) is 0 Å². The standard InChI is InChI=1S/C55H86O7S2/c1-20-22-33(2)47-40(55(19)26-25-37(60-34(3)56)27-36(55)28-45(47)61-35(4)57)23-21-24-46(58)62-49-43(52(11,12)13)31-39(32-44(49)53(14,15)16)64-54(17,18)63-38-29-41(50(5,6)7)48(59)42(30-38)51(8,9)10/h29-33,36-37,40,45,47,59H,20-28H2,1-19H3/t33-,36-,37+,40-,45+,47-,55-/m0/s1. The number of aromatic hydroxyl groups is 1. The quantitative estimate of drug-likeness (QED) is 0.0859. The van der Waals surface area contributed by atoms with Crippen molar-refractivity contribution in [2.75, 3.05) is 0 Å². The van der Waals surface area contributed by atoms with E-state index < -0.39 is 0 Å². The highest BCUT2D eigenvalue weighted by Crippen LogP contribution is 2.60. The first-order chi connectivity index (χ1) is 29.2. The number of phenolic OH excluding ortho intramolecular Hbond substituents is 1. The molecule has 0 bridgehead atoms. The zero-order chi connectivity index (χ0) is 48.5. The summed E-state index contributed by atoms with van der Waals surface area (Å²) in [6.07, 6.45) is 6.82. The molecule has 0 aromatic heterocycles. The first kappa shape index (κ1) is 54.0. The Morgan fingerprint density at radius 1 is 0.750 bits per heavy atom. The van der Waals surface area contributed by atoms with Crippen molar-refractivity contribution in [1.29, 1.82) is 0 Å². The molecule has 64 heavy (non-hydrogen) atoms. The van der Waals surface area contributed by atoms with Gasteiger partial charge in [0.05, 0.1) is 4.08 Å². The topological polar surface area (TPSA) is 99.1 Å². The molecule has 0 aliphatic heterocycles. The van der Waals surface area contributed by atoms with Crippen LogP contribution in [0.2, 0.25) is 0 Å². The van der Waals surface area contributed by atoms with E-state index in [9.17, 15) is 19.5 Å². The summed E-state index contributed by atoms with van der Waals surface area (Å²) in [6, 6.07) is 8.78. The summed E-state index contributed by atoms with van der Waals surface area (Å²) in [5, 5.41) is 11.4. The molecule has 4 rings (SSSR count). The number of hydrogen-bond donors (Lipinski definition) is 1. The molecule has 1 N–H and O–H groups in total. The summed E-state index contributed by atoms with van der Waals surface area (Å²) in [6.45, 7) is 40.5. The Morgan fingerprint density at radius 3 is 1.66 bits per heavy atom. The van der Waals surface area contributed by atoms with E-state index in [1.165, 1.54) is 13.8 Å². The van der Waals surface area contributed by atoms with Crippen molar-refractivity contribution in [3.05, 3.63) is 46.5 Å². The fourth-order valence-corrected chi connectivity index (χ4v) is 13.5. The van der Waals surface area contributed by atoms with Gasteiger partial charge in [-0.1, -0.05) is 117 Å². The number of fused-ring (bicyclic) bond motifs is 1. The monoisotopic (exact) mass is 923 g/mol. The summed E-state index contributed by atoms with van der Waals surface area (Å²) < 4.78 is 18.2. The molecular weight excluding hydrogens is 837 g/mol. The van der Waals surface area contributed by atoms with Crippen LogP contribution in [-0.4, -0.2) is 39.3 Å². The van der Waals surface area contributed by atoms with E-state index in [0.29, 0.717) is 23.8 Å². The Bertz CT molecular complexity index is 1900. The van der Waals surface area contributed by atoms with Gasteiger partial charge in [0.1, 0.15) is 23.7 Å². The molecule has 7 atom stereocenters. The van der Waals surface area contributed by atoms with E-state index in [0.717, 1.165) is 77.0 Å². The van der Waals surface area contributed by atoms with E-state index in [1.54, 1.807) is 0 Å². The lowest BCUT2D eigenvalue weighted by atomic mass is 9.49. The van der Waals surface area contributed by atoms with Crippen LogP contribution in [0.4, 0.5) is 0 Å². The molecule has 0 amide bonds. The minimum Gasteiger partial charge on any atom is -0.507 e. The number of carbonyl (C=O) groups is 3. The molecule has 7 nitrogen and oxygen atoms in total. The van der Waals surface area contributed by atoms with Crippen LogP contribution in [0.15, 0.2) is 34.1 Å². The number of ether oxygens (including phenoxy) is 3. The third-order valence-corrected chi connectivity index (χ3v) is 16.4. The van der Waals surface area contributed by atoms with Gasteiger partial charge < -0.3 is 19.3 Å². The van der Waals surface area contributed by atoms with Crippen LogP contribution >= 0.6 is 23.5 Å². The number of thioether (sulfide) groups is 2. The van der Waals surface area contributed by atoms with E-state index in [-0.39, 0.29) is 85.4 Å². The summed E-state index contributed by atoms with van der Waals surface area (Å²) in [5.74, 6) is 1.32. The molecular formula is C55H86O7S2. The van der Waals surface area contributed by atoms with Gasteiger partial charge in [0.25, 0.3) is 0 Å². The van der Waals surface area contributed by atoms with Gasteiger partial charge >= 0.3 is 17.9 Å². The first-order valence-electron chi connectivity index (χ1n) is 24.2. The molecule has 0 spiro atoms. The molecule has 2 saturated carbocycles. The van der Waals surface area contributed by atoms with Crippen molar-refractivity contribution in [3.8, 4) is 11.5 Å². The molecule has 360 valence electrons.